The maximum Gasteiger partial charge on any atom is 0.253 e. The standard InChI is InChI=1S/C15H19N3OS/c1-3-7-16-14-5-4-12(9-17-14)15(19)18-10-13-11(2)6-8-20-13/h4-6,8-9H,3,7,10H2,1-2H3,(H,16,17)(H,18,19). The summed E-state index contributed by atoms with van der Waals surface area (Å²) in [5.74, 6) is 0.713. The SMILES string of the molecule is CCCNc1ccc(C(=O)NCc2sccc2C)cn1. The van der Waals surface area contributed by atoms with Crippen LogP contribution in [0.3, 0.4) is 0 Å². The van der Waals surface area contributed by atoms with Crippen LogP contribution in [0, 0.1) is 6.92 Å². The average molecular weight is 289 g/mol. The van der Waals surface area contributed by atoms with E-state index >= 15 is 0 Å². The van der Waals surface area contributed by atoms with E-state index in [2.05, 4.69) is 28.6 Å². The molecule has 106 valence electrons. The van der Waals surface area contributed by atoms with Crippen LogP contribution in [0.5, 0.6) is 0 Å². The molecule has 2 N–H and O–H groups in total. The van der Waals surface area contributed by atoms with Crippen molar-refractivity contribution in [3.8, 4) is 0 Å². The van der Waals surface area contributed by atoms with E-state index in [4.69, 9.17) is 0 Å². The quantitative estimate of drug-likeness (QED) is 0.858. The van der Waals surface area contributed by atoms with Gasteiger partial charge < -0.3 is 10.6 Å². The molecule has 0 aromatic carbocycles. The van der Waals surface area contributed by atoms with Gasteiger partial charge in [-0.15, -0.1) is 11.3 Å². The van der Waals surface area contributed by atoms with Gasteiger partial charge in [0.2, 0.25) is 0 Å². The van der Waals surface area contributed by atoms with Crippen molar-refractivity contribution in [2.45, 2.75) is 26.8 Å². The second-order valence-corrected chi connectivity index (χ2v) is 5.57. The lowest BCUT2D eigenvalue weighted by atomic mass is 10.2. The van der Waals surface area contributed by atoms with Gasteiger partial charge in [-0.1, -0.05) is 6.92 Å². The summed E-state index contributed by atoms with van der Waals surface area (Å²) in [7, 11) is 0. The van der Waals surface area contributed by atoms with Gasteiger partial charge in [-0.2, -0.15) is 0 Å². The molecule has 0 aliphatic rings. The van der Waals surface area contributed by atoms with Crippen LogP contribution in [-0.2, 0) is 6.54 Å². The number of carbonyl (C=O) groups is 1. The number of rotatable bonds is 6. The van der Waals surface area contributed by atoms with Crippen molar-refractivity contribution in [2.75, 3.05) is 11.9 Å². The van der Waals surface area contributed by atoms with Crippen molar-refractivity contribution in [1.29, 1.82) is 0 Å². The van der Waals surface area contributed by atoms with Gasteiger partial charge in [0, 0.05) is 17.6 Å². The largest absolute Gasteiger partial charge is 0.370 e. The highest BCUT2D eigenvalue weighted by atomic mass is 32.1. The molecule has 0 saturated heterocycles. The summed E-state index contributed by atoms with van der Waals surface area (Å²) in [5, 5.41) is 8.13. The molecule has 2 rings (SSSR count). The highest BCUT2D eigenvalue weighted by Crippen LogP contribution is 2.15. The van der Waals surface area contributed by atoms with E-state index in [1.165, 1.54) is 10.4 Å². The van der Waals surface area contributed by atoms with Crippen molar-refractivity contribution < 1.29 is 4.79 Å². The third-order valence-corrected chi connectivity index (χ3v) is 3.98. The second kappa shape index (κ2) is 7.05. The molecule has 0 aliphatic carbocycles. The molecule has 0 bridgehead atoms. The minimum Gasteiger partial charge on any atom is -0.370 e. The van der Waals surface area contributed by atoms with Crippen LogP contribution in [0.4, 0.5) is 5.82 Å². The molecule has 0 aliphatic heterocycles. The Balaban J connectivity index is 1.90. The molecule has 0 fully saturated rings. The van der Waals surface area contributed by atoms with Crippen LogP contribution in [-0.4, -0.2) is 17.4 Å². The third kappa shape index (κ3) is 3.81. The maximum atomic E-state index is 12.0. The Bertz CT molecular complexity index is 563. The van der Waals surface area contributed by atoms with Crippen molar-refractivity contribution in [1.82, 2.24) is 10.3 Å². The molecule has 5 heteroatoms. The molecule has 20 heavy (non-hydrogen) atoms. The minimum absolute atomic E-state index is 0.0904. The number of hydrogen-bond acceptors (Lipinski definition) is 4. The van der Waals surface area contributed by atoms with Crippen molar-refractivity contribution in [3.63, 3.8) is 0 Å². The average Bonchev–Trinajstić information content (AvgIpc) is 2.88. The second-order valence-electron chi connectivity index (χ2n) is 4.57. The summed E-state index contributed by atoms with van der Waals surface area (Å²) in [4.78, 5) is 17.4. The van der Waals surface area contributed by atoms with Gasteiger partial charge in [0.25, 0.3) is 5.91 Å². The predicted molar refractivity (Wildman–Crippen MR) is 83.2 cm³/mol. The number of amides is 1. The molecule has 0 saturated carbocycles. The lowest BCUT2D eigenvalue weighted by Crippen LogP contribution is -2.22. The molecule has 0 radical (unpaired) electrons. The Labute approximate surface area is 123 Å². The third-order valence-electron chi connectivity index (χ3n) is 2.96. The normalized spacial score (nSPS) is 10.3. The molecular formula is C15H19N3OS. The van der Waals surface area contributed by atoms with Gasteiger partial charge in [-0.25, -0.2) is 4.98 Å². The Morgan fingerprint density at radius 1 is 1.35 bits per heavy atom. The number of aryl methyl sites for hydroxylation is 1. The molecular weight excluding hydrogens is 270 g/mol. The fourth-order valence-corrected chi connectivity index (χ4v) is 2.58. The van der Waals surface area contributed by atoms with Gasteiger partial charge in [0.15, 0.2) is 0 Å². The Kier molecular flexibility index (Phi) is 5.12. The van der Waals surface area contributed by atoms with Crippen LogP contribution >= 0.6 is 11.3 Å². The van der Waals surface area contributed by atoms with Crippen LogP contribution in [0.25, 0.3) is 0 Å². The summed E-state index contributed by atoms with van der Waals surface area (Å²) >= 11 is 1.66. The van der Waals surface area contributed by atoms with E-state index in [0.29, 0.717) is 12.1 Å². The van der Waals surface area contributed by atoms with Gasteiger partial charge in [-0.05, 0) is 42.5 Å². The van der Waals surface area contributed by atoms with E-state index < -0.39 is 0 Å². The van der Waals surface area contributed by atoms with Gasteiger partial charge in [0.1, 0.15) is 5.82 Å². The van der Waals surface area contributed by atoms with Crippen molar-refractivity contribution >= 4 is 23.1 Å². The fraction of sp³-hybridized carbons (Fsp3) is 0.333. The number of aromatic nitrogens is 1. The molecule has 2 aromatic heterocycles. The molecule has 0 spiro atoms. The Morgan fingerprint density at radius 3 is 2.80 bits per heavy atom. The molecule has 4 nitrogen and oxygen atoms in total. The lowest BCUT2D eigenvalue weighted by Gasteiger charge is -2.06. The minimum atomic E-state index is -0.0904. The van der Waals surface area contributed by atoms with E-state index in [1.54, 1.807) is 23.6 Å². The summed E-state index contributed by atoms with van der Waals surface area (Å²) in [5.41, 5.74) is 1.80. The maximum absolute atomic E-state index is 12.0. The summed E-state index contributed by atoms with van der Waals surface area (Å²) in [6.07, 6.45) is 2.65. The number of nitrogens with one attached hydrogen (secondary N) is 2. The smallest absolute Gasteiger partial charge is 0.253 e. The molecule has 2 heterocycles. The van der Waals surface area contributed by atoms with Gasteiger partial charge in [0.05, 0.1) is 12.1 Å². The van der Waals surface area contributed by atoms with Crippen LogP contribution in [0.2, 0.25) is 0 Å². The fourth-order valence-electron chi connectivity index (χ4n) is 1.73. The summed E-state index contributed by atoms with van der Waals surface area (Å²) in [6.45, 7) is 5.60. The van der Waals surface area contributed by atoms with Crippen LogP contribution in [0.15, 0.2) is 29.8 Å². The first-order chi connectivity index (χ1) is 9.70. The Hall–Kier alpha value is -1.88. The van der Waals surface area contributed by atoms with Crippen LogP contribution < -0.4 is 10.6 Å². The van der Waals surface area contributed by atoms with Gasteiger partial charge >= 0.3 is 0 Å². The summed E-state index contributed by atoms with van der Waals surface area (Å²) in [6, 6.07) is 5.68. The van der Waals surface area contributed by atoms with E-state index in [9.17, 15) is 4.79 Å². The number of pyridine rings is 1. The molecule has 0 atom stereocenters. The molecule has 2 aromatic rings. The number of carbonyl (C=O) groups excluding carboxylic acids is 1. The first-order valence-corrected chi connectivity index (χ1v) is 7.59. The summed E-state index contributed by atoms with van der Waals surface area (Å²) < 4.78 is 0. The Morgan fingerprint density at radius 2 is 2.20 bits per heavy atom. The van der Waals surface area contributed by atoms with E-state index in [0.717, 1.165) is 18.8 Å². The van der Waals surface area contributed by atoms with E-state index in [1.807, 2.05) is 18.4 Å². The number of hydrogen-bond donors (Lipinski definition) is 2. The first-order valence-electron chi connectivity index (χ1n) is 6.71. The number of thiophene rings is 1. The van der Waals surface area contributed by atoms with Crippen molar-refractivity contribution in [2.24, 2.45) is 0 Å². The van der Waals surface area contributed by atoms with Crippen LogP contribution in [0.1, 0.15) is 34.1 Å². The molecule has 0 unspecified atom stereocenters. The highest BCUT2D eigenvalue weighted by molar-refractivity contribution is 7.10. The topological polar surface area (TPSA) is 54.0 Å². The highest BCUT2D eigenvalue weighted by Gasteiger charge is 2.07. The first kappa shape index (κ1) is 14.5. The number of nitrogens with zero attached hydrogens (tertiary/aromatic N) is 1. The zero-order valence-electron chi connectivity index (χ0n) is 11.8. The zero-order chi connectivity index (χ0) is 14.4. The molecule has 1 amide bonds. The van der Waals surface area contributed by atoms with Crippen molar-refractivity contribution in [3.05, 3.63) is 45.8 Å². The lowest BCUT2D eigenvalue weighted by molar-refractivity contribution is 0.0951. The monoisotopic (exact) mass is 289 g/mol. The zero-order valence-corrected chi connectivity index (χ0v) is 12.6. The van der Waals surface area contributed by atoms with E-state index in [-0.39, 0.29) is 5.91 Å². The predicted octanol–water partition coefficient (Wildman–Crippen LogP) is 3.20. The van der Waals surface area contributed by atoms with Gasteiger partial charge in [-0.3, -0.25) is 4.79 Å². The number of anilines is 1.